The topological polar surface area (TPSA) is 69.6 Å². The lowest BCUT2D eigenvalue weighted by Gasteiger charge is -2.29. The monoisotopic (exact) mass is 288 g/mol. The summed E-state index contributed by atoms with van der Waals surface area (Å²) in [7, 11) is 0. The lowest BCUT2D eigenvalue weighted by molar-refractivity contribution is 0.0697. The number of rotatable bonds is 2. The number of carbonyl (C=O) groups excluding carboxylic acids is 1. The maximum absolute atomic E-state index is 12.5. The van der Waals surface area contributed by atoms with E-state index >= 15 is 0 Å². The fourth-order valence-corrected chi connectivity index (χ4v) is 3.35. The Morgan fingerprint density at radius 2 is 2.00 bits per heavy atom. The molecule has 1 saturated carbocycles. The summed E-state index contributed by atoms with van der Waals surface area (Å²) in [6, 6.07) is 4.90. The first-order valence-electron chi connectivity index (χ1n) is 7.44. The number of nitrogens with one attached hydrogen (secondary N) is 1. The number of carbonyl (C=O) groups is 2. The van der Waals surface area contributed by atoms with Crippen molar-refractivity contribution in [1.29, 1.82) is 0 Å². The summed E-state index contributed by atoms with van der Waals surface area (Å²) in [6.07, 6.45) is 5.08. The molecule has 0 bridgehead atoms. The van der Waals surface area contributed by atoms with E-state index in [1.807, 2.05) is 0 Å². The number of hydrogen-bond acceptors (Lipinski definition) is 2. The SMILES string of the molecule is CC1(NC(=O)N2CCc3cc(C(=O)O)ccc32)CCCC1. The second kappa shape index (κ2) is 5.06. The number of hydrogen-bond donors (Lipinski definition) is 2. The van der Waals surface area contributed by atoms with Crippen molar-refractivity contribution in [3.05, 3.63) is 29.3 Å². The first kappa shape index (κ1) is 13.9. The van der Waals surface area contributed by atoms with Gasteiger partial charge < -0.3 is 10.4 Å². The molecule has 112 valence electrons. The van der Waals surface area contributed by atoms with E-state index < -0.39 is 5.97 Å². The largest absolute Gasteiger partial charge is 0.478 e. The second-order valence-corrected chi connectivity index (χ2v) is 6.25. The number of benzene rings is 1. The molecule has 1 aliphatic carbocycles. The van der Waals surface area contributed by atoms with Crippen LogP contribution in [0.5, 0.6) is 0 Å². The molecule has 0 spiro atoms. The Kier molecular flexibility index (Phi) is 3.35. The van der Waals surface area contributed by atoms with Crippen LogP contribution in [0.3, 0.4) is 0 Å². The van der Waals surface area contributed by atoms with Gasteiger partial charge >= 0.3 is 12.0 Å². The van der Waals surface area contributed by atoms with E-state index in [1.165, 1.54) is 0 Å². The third-order valence-corrected chi connectivity index (χ3v) is 4.58. The van der Waals surface area contributed by atoms with Crippen molar-refractivity contribution < 1.29 is 14.7 Å². The Bertz CT molecular complexity index is 591. The Labute approximate surface area is 123 Å². The van der Waals surface area contributed by atoms with E-state index in [0.29, 0.717) is 13.0 Å². The molecule has 1 heterocycles. The van der Waals surface area contributed by atoms with Crippen LogP contribution in [-0.2, 0) is 6.42 Å². The van der Waals surface area contributed by atoms with Gasteiger partial charge in [0.05, 0.1) is 5.56 Å². The number of nitrogens with zero attached hydrogens (tertiary/aromatic N) is 1. The van der Waals surface area contributed by atoms with Crippen LogP contribution in [0.25, 0.3) is 0 Å². The highest BCUT2D eigenvalue weighted by Crippen LogP contribution is 2.32. The van der Waals surface area contributed by atoms with Gasteiger partial charge in [-0.25, -0.2) is 9.59 Å². The van der Waals surface area contributed by atoms with Gasteiger partial charge in [0, 0.05) is 17.8 Å². The molecule has 1 aliphatic heterocycles. The van der Waals surface area contributed by atoms with E-state index in [2.05, 4.69) is 12.2 Å². The Hall–Kier alpha value is -2.04. The van der Waals surface area contributed by atoms with E-state index in [9.17, 15) is 9.59 Å². The van der Waals surface area contributed by atoms with Gasteiger partial charge in [0.15, 0.2) is 0 Å². The van der Waals surface area contributed by atoms with E-state index in [1.54, 1.807) is 23.1 Å². The molecule has 0 atom stereocenters. The average Bonchev–Trinajstić information content (AvgIpc) is 3.04. The zero-order valence-electron chi connectivity index (χ0n) is 12.2. The first-order valence-corrected chi connectivity index (χ1v) is 7.44. The highest BCUT2D eigenvalue weighted by atomic mass is 16.4. The zero-order valence-corrected chi connectivity index (χ0v) is 12.2. The van der Waals surface area contributed by atoms with Gasteiger partial charge in [0.1, 0.15) is 0 Å². The Morgan fingerprint density at radius 3 is 2.67 bits per heavy atom. The van der Waals surface area contributed by atoms with Gasteiger partial charge in [-0.3, -0.25) is 4.90 Å². The molecule has 2 amide bonds. The predicted molar refractivity (Wildman–Crippen MR) is 79.9 cm³/mol. The van der Waals surface area contributed by atoms with Gasteiger partial charge in [-0.05, 0) is 49.9 Å². The van der Waals surface area contributed by atoms with Gasteiger partial charge in [-0.1, -0.05) is 12.8 Å². The summed E-state index contributed by atoms with van der Waals surface area (Å²) in [4.78, 5) is 25.2. The number of anilines is 1. The summed E-state index contributed by atoms with van der Waals surface area (Å²) in [5, 5.41) is 12.2. The normalized spacial score (nSPS) is 19.4. The molecule has 5 nitrogen and oxygen atoms in total. The quantitative estimate of drug-likeness (QED) is 0.879. The zero-order chi connectivity index (χ0) is 15.0. The van der Waals surface area contributed by atoms with Crippen LogP contribution in [0.4, 0.5) is 10.5 Å². The van der Waals surface area contributed by atoms with Crippen molar-refractivity contribution in [3.63, 3.8) is 0 Å². The highest BCUT2D eigenvalue weighted by Gasteiger charge is 2.33. The lowest BCUT2D eigenvalue weighted by atomic mass is 10.0. The van der Waals surface area contributed by atoms with Crippen LogP contribution >= 0.6 is 0 Å². The molecule has 1 aromatic rings. The number of carboxylic acids is 1. The Balaban J connectivity index is 1.77. The first-order chi connectivity index (χ1) is 9.98. The molecule has 2 N–H and O–H groups in total. The number of amides is 2. The molecule has 0 radical (unpaired) electrons. The number of urea groups is 1. The van der Waals surface area contributed by atoms with Crippen molar-refractivity contribution in [1.82, 2.24) is 5.32 Å². The number of fused-ring (bicyclic) bond motifs is 1. The lowest BCUT2D eigenvalue weighted by Crippen LogP contribution is -2.50. The van der Waals surface area contributed by atoms with Crippen LogP contribution in [0.15, 0.2) is 18.2 Å². The molecule has 1 aromatic carbocycles. The van der Waals surface area contributed by atoms with E-state index in [0.717, 1.165) is 36.9 Å². The maximum atomic E-state index is 12.5. The minimum absolute atomic E-state index is 0.0683. The molecular weight excluding hydrogens is 268 g/mol. The molecule has 3 rings (SSSR count). The van der Waals surface area contributed by atoms with Gasteiger partial charge in [-0.15, -0.1) is 0 Å². The van der Waals surface area contributed by atoms with Crippen molar-refractivity contribution in [3.8, 4) is 0 Å². The predicted octanol–water partition coefficient (Wildman–Crippen LogP) is 2.79. The summed E-state index contributed by atoms with van der Waals surface area (Å²) < 4.78 is 0. The Morgan fingerprint density at radius 1 is 1.29 bits per heavy atom. The van der Waals surface area contributed by atoms with Crippen LogP contribution in [0.1, 0.15) is 48.5 Å². The van der Waals surface area contributed by atoms with Crippen LogP contribution in [0.2, 0.25) is 0 Å². The third-order valence-electron chi connectivity index (χ3n) is 4.58. The van der Waals surface area contributed by atoms with Crippen LogP contribution < -0.4 is 10.2 Å². The summed E-state index contributed by atoms with van der Waals surface area (Å²) >= 11 is 0. The van der Waals surface area contributed by atoms with Gasteiger partial charge in [0.2, 0.25) is 0 Å². The molecule has 21 heavy (non-hydrogen) atoms. The minimum Gasteiger partial charge on any atom is -0.478 e. The number of aromatic carboxylic acids is 1. The third kappa shape index (κ3) is 2.60. The van der Waals surface area contributed by atoms with E-state index in [-0.39, 0.29) is 17.1 Å². The molecule has 0 unspecified atom stereocenters. The standard InChI is InChI=1S/C16H20N2O3/c1-16(7-2-3-8-16)17-15(21)18-9-6-11-10-12(14(19)20)4-5-13(11)18/h4-5,10H,2-3,6-9H2,1H3,(H,17,21)(H,19,20). The smallest absolute Gasteiger partial charge is 0.335 e. The highest BCUT2D eigenvalue weighted by molar-refractivity contribution is 5.96. The summed E-state index contributed by atoms with van der Waals surface area (Å²) in [5.74, 6) is -0.931. The van der Waals surface area contributed by atoms with Crippen molar-refractivity contribution in [2.24, 2.45) is 0 Å². The second-order valence-electron chi connectivity index (χ2n) is 6.25. The van der Waals surface area contributed by atoms with Crippen LogP contribution in [0, 0.1) is 0 Å². The van der Waals surface area contributed by atoms with Gasteiger partial charge in [0.25, 0.3) is 0 Å². The summed E-state index contributed by atoms with van der Waals surface area (Å²) in [5.41, 5.74) is 1.94. The molecule has 0 saturated heterocycles. The molecule has 0 aromatic heterocycles. The molecular formula is C16H20N2O3. The molecule has 5 heteroatoms. The van der Waals surface area contributed by atoms with Crippen molar-refractivity contribution in [2.75, 3.05) is 11.4 Å². The fourth-order valence-electron chi connectivity index (χ4n) is 3.35. The molecule has 2 aliphatic rings. The van der Waals surface area contributed by atoms with Crippen molar-refractivity contribution in [2.45, 2.75) is 44.6 Å². The average molecular weight is 288 g/mol. The minimum atomic E-state index is -0.931. The summed E-state index contributed by atoms with van der Waals surface area (Å²) in [6.45, 7) is 2.71. The fraction of sp³-hybridized carbons (Fsp3) is 0.500. The maximum Gasteiger partial charge on any atom is 0.335 e. The van der Waals surface area contributed by atoms with Gasteiger partial charge in [-0.2, -0.15) is 0 Å². The van der Waals surface area contributed by atoms with Crippen molar-refractivity contribution >= 4 is 17.7 Å². The van der Waals surface area contributed by atoms with Crippen LogP contribution in [-0.4, -0.2) is 29.2 Å². The number of carboxylic acid groups (broad SMARTS) is 1. The molecule has 1 fully saturated rings. The van der Waals surface area contributed by atoms with E-state index in [4.69, 9.17) is 5.11 Å².